The van der Waals surface area contributed by atoms with Gasteiger partial charge in [0, 0.05) is 29.6 Å². The predicted molar refractivity (Wildman–Crippen MR) is 117 cm³/mol. The van der Waals surface area contributed by atoms with Gasteiger partial charge in [-0.25, -0.2) is 13.8 Å². The Kier molecular flexibility index (Phi) is 5.22. The summed E-state index contributed by atoms with van der Waals surface area (Å²) in [7, 11) is 0. The molecule has 2 aromatic heterocycles. The maximum Gasteiger partial charge on any atom is 0.254 e. The molecule has 10 heteroatoms. The highest BCUT2D eigenvalue weighted by Gasteiger charge is 2.32. The molecule has 2 aromatic carbocycles. The minimum atomic E-state index is -0.631. The first kappa shape index (κ1) is 20.7. The summed E-state index contributed by atoms with van der Waals surface area (Å²) in [5.41, 5.74) is 1.72. The average Bonchev–Trinajstić information content (AvgIpc) is 3.43. The van der Waals surface area contributed by atoms with E-state index in [2.05, 4.69) is 15.2 Å². The summed E-state index contributed by atoms with van der Waals surface area (Å²) in [6.45, 7) is 2.75. The zero-order valence-electron chi connectivity index (χ0n) is 16.8. The van der Waals surface area contributed by atoms with Crippen molar-refractivity contribution in [2.24, 2.45) is 0 Å². The number of carbonyl (C=O) groups excluding carboxylic acids is 1. The Morgan fingerprint density at radius 3 is 2.66 bits per heavy atom. The van der Waals surface area contributed by atoms with E-state index in [4.69, 9.17) is 11.6 Å². The van der Waals surface area contributed by atoms with Crippen LogP contribution in [0.4, 0.5) is 8.78 Å². The van der Waals surface area contributed by atoms with Crippen molar-refractivity contribution in [2.75, 3.05) is 6.54 Å². The highest BCUT2D eigenvalue weighted by atomic mass is 35.5. The van der Waals surface area contributed by atoms with Crippen LogP contribution >= 0.6 is 22.9 Å². The average molecular weight is 472 g/mol. The van der Waals surface area contributed by atoms with Crippen LogP contribution in [0, 0.1) is 11.6 Å². The molecule has 162 valence electrons. The number of carbonyl (C=O) groups is 1. The lowest BCUT2D eigenvalue weighted by Gasteiger charge is -2.33. The molecule has 0 spiro atoms. The van der Waals surface area contributed by atoms with Crippen molar-refractivity contribution < 1.29 is 13.6 Å². The van der Waals surface area contributed by atoms with Crippen LogP contribution in [0.25, 0.3) is 22.1 Å². The van der Waals surface area contributed by atoms with Gasteiger partial charge in [-0.2, -0.15) is 0 Å². The maximum absolute atomic E-state index is 13.8. The molecule has 0 saturated heterocycles. The maximum atomic E-state index is 13.8. The van der Waals surface area contributed by atoms with E-state index in [1.807, 2.05) is 16.9 Å². The molecule has 0 fully saturated rings. The molecule has 1 unspecified atom stereocenters. The van der Waals surface area contributed by atoms with E-state index in [1.54, 1.807) is 17.0 Å². The molecule has 0 bridgehead atoms. The lowest BCUT2D eigenvalue weighted by Crippen LogP contribution is -2.41. The number of halogens is 3. The molecule has 1 aliphatic rings. The monoisotopic (exact) mass is 471 g/mol. The fourth-order valence-electron chi connectivity index (χ4n) is 3.75. The van der Waals surface area contributed by atoms with Crippen molar-refractivity contribution in [3.63, 3.8) is 0 Å². The normalized spacial score (nSPS) is 15.6. The van der Waals surface area contributed by atoms with Gasteiger partial charge in [-0.15, -0.1) is 21.5 Å². The van der Waals surface area contributed by atoms with Crippen molar-refractivity contribution in [3.8, 4) is 22.1 Å². The molecule has 1 amide bonds. The first-order valence-electron chi connectivity index (χ1n) is 9.83. The van der Waals surface area contributed by atoms with Gasteiger partial charge in [-0.1, -0.05) is 11.6 Å². The van der Waals surface area contributed by atoms with Gasteiger partial charge >= 0.3 is 0 Å². The standard InChI is InChI=1S/C22H16ClF2N5OS/c1-12-19-27-28-20(18-11-32-21(26-18)13-2-5-15(24)6-3-13)30(19)9-8-29(12)22(31)14-4-7-16(23)17(25)10-14/h2-7,10-12H,8-9H2,1H3. The molecule has 4 aromatic rings. The quantitative estimate of drug-likeness (QED) is 0.411. The van der Waals surface area contributed by atoms with E-state index >= 15 is 0 Å². The SMILES string of the molecule is CC1c2nnc(-c3csc(-c4ccc(F)cc4)n3)n2CCN1C(=O)c1ccc(Cl)c(F)c1. The number of benzene rings is 2. The van der Waals surface area contributed by atoms with Crippen LogP contribution in [0.5, 0.6) is 0 Å². The molecule has 3 heterocycles. The number of rotatable bonds is 3. The van der Waals surface area contributed by atoms with E-state index in [0.29, 0.717) is 30.4 Å². The van der Waals surface area contributed by atoms with Gasteiger partial charge in [0.1, 0.15) is 22.3 Å². The number of amides is 1. The lowest BCUT2D eigenvalue weighted by atomic mass is 10.1. The largest absolute Gasteiger partial charge is 0.327 e. The third kappa shape index (κ3) is 3.57. The van der Waals surface area contributed by atoms with E-state index in [9.17, 15) is 13.6 Å². The summed E-state index contributed by atoms with van der Waals surface area (Å²) in [6.07, 6.45) is 0. The molecule has 0 radical (unpaired) electrons. The molecule has 1 aliphatic heterocycles. The van der Waals surface area contributed by atoms with E-state index in [0.717, 1.165) is 16.6 Å². The second-order valence-electron chi connectivity index (χ2n) is 7.38. The third-order valence-electron chi connectivity index (χ3n) is 5.44. The van der Waals surface area contributed by atoms with Crippen LogP contribution in [0.3, 0.4) is 0 Å². The van der Waals surface area contributed by atoms with Crippen molar-refractivity contribution in [1.29, 1.82) is 0 Å². The Hall–Kier alpha value is -3.17. The number of aromatic nitrogens is 4. The topological polar surface area (TPSA) is 63.9 Å². The van der Waals surface area contributed by atoms with Crippen LogP contribution in [-0.4, -0.2) is 37.1 Å². The van der Waals surface area contributed by atoms with Gasteiger partial charge in [-0.3, -0.25) is 4.79 Å². The molecule has 32 heavy (non-hydrogen) atoms. The van der Waals surface area contributed by atoms with Gasteiger partial charge in [0.25, 0.3) is 5.91 Å². The van der Waals surface area contributed by atoms with Crippen molar-refractivity contribution in [3.05, 3.63) is 75.9 Å². The van der Waals surface area contributed by atoms with Crippen LogP contribution in [-0.2, 0) is 6.54 Å². The first-order chi connectivity index (χ1) is 15.4. The molecular formula is C22H16ClF2N5OS. The Labute approximate surface area is 191 Å². The van der Waals surface area contributed by atoms with E-state index in [1.165, 1.54) is 35.6 Å². The van der Waals surface area contributed by atoms with Crippen molar-refractivity contribution >= 4 is 28.8 Å². The summed E-state index contributed by atoms with van der Waals surface area (Å²) < 4.78 is 29.0. The fourth-order valence-corrected chi connectivity index (χ4v) is 4.67. The van der Waals surface area contributed by atoms with Crippen molar-refractivity contribution in [1.82, 2.24) is 24.6 Å². The minimum Gasteiger partial charge on any atom is -0.327 e. The number of hydrogen-bond donors (Lipinski definition) is 0. The molecule has 5 rings (SSSR count). The van der Waals surface area contributed by atoms with Gasteiger partial charge in [0.15, 0.2) is 11.6 Å². The Morgan fingerprint density at radius 2 is 1.91 bits per heavy atom. The van der Waals surface area contributed by atoms with Gasteiger partial charge in [-0.05, 0) is 49.4 Å². The van der Waals surface area contributed by atoms with Crippen LogP contribution in [0.1, 0.15) is 29.1 Å². The number of thiazole rings is 1. The Balaban J connectivity index is 1.41. The van der Waals surface area contributed by atoms with E-state index in [-0.39, 0.29) is 28.4 Å². The molecule has 0 N–H and O–H groups in total. The fraction of sp³-hybridized carbons (Fsp3) is 0.182. The zero-order valence-corrected chi connectivity index (χ0v) is 18.4. The highest BCUT2D eigenvalue weighted by Crippen LogP contribution is 2.32. The van der Waals surface area contributed by atoms with Crippen molar-refractivity contribution in [2.45, 2.75) is 19.5 Å². The third-order valence-corrected chi connectivity index (χ3v) is 6.63. The van der Waals surface area contributed by atoms with Crippen LogP contribution in [0.2, 0.25) is 5.02 Å². The molecule has 0 aliphatic carbocycles. The second kappa shape index (κ2) is 8.07. The minimum absolute atomic E-state index is 0.0269. The number of hydrogen-bond acceptors (Lipinski definition) is 5. The molecular weight excluding hydrogens is 456 g/mol. The summed E-state index contributed by atoms with van der Waals surface area (Å²) in [5, 5.41) is 11.2. The molecule has 6 nitrogen and oxygen atoms in total. The molecule has 1 atom stereocenters. The Morgan fingerprint density at radius 1 is 1.12 bits per heavy atom. The van der Waals surface area contributed by atoms with Gasteiger partial charge in [0.05, 0.1) is 11.1 Å². The Bertz CT molecular complexity index is 1320. The van der Waals surface area contributed by atoms with Gasteiger partial charge < -0.3 is 9.47 Å². The second-order valence-corrected chi connectivity index (χ2v) is 8.65. The summed E-state index contributed by atoms with van der Waals surface area (Å²) in [4.78, 5) is 19.2. The summed E-state index contributed by atoms with van der Waals surface area (Å²) in [5.74, 6) is 0.0159. The van der Waals surface area contributed by atoms with E-state index < -0.39 is 5.82 Å². The highest BCUT2D eigenvalue weighted by molar-refractivity contribution is 7.13. The number of nitrogens with zero attached hydrogens (tertiary/aromatic N) is 5. The van der Waals surface area contributed by atoms with Gasteiger partial charge in [0.2, 0.25) is 0 Å². The molecule has 0 saturated carbocycles. The predicted octanol–water partition coefficient (Wildman–Crippen LogP) is 5.22. The zero-order chi connectivity index (χ0) is 22.4. The number of fused-ring (bicyclic) bond motifs is 1. The smallest absolute Gasteiger partial charge is 0.254 e. The summed E-state index contributed by atoms with van der Waals surface area (Å²) >= 11 is 7.17. The summed E-state index contributed by atoms with van der Waals surface area (Å²) in [6, 6.07) is 9.84. The first-order valence-corrected chi connectivity index (χ1v) is 11.1. The van der Waals surface area contributed by atoms with Crippen LogP contribution < -0.4 is 0 Å². The lowest BCUT2D eigenvalue weighted by molar-refractivity contribution is 0.0638. The van der Waals surface area contributed by atoms with Crippen LogP contribution in [0.15, 0.2) is 47.8 Å².